The van der Waals surface area contributed by atoms with Crippen molar-refractivity contribution in [3.8, 4) is 0 Å². The predicted octanol–water partition coefficient (Wildman–Crippen LogP) is 3.81. The smallest absolute Gasteiger partial charge is 0.125 e. The lowest BCUT2D eigenvalue weighted by atomic mass is 10.0. The molecule has 0 aliphatic carbocycles. The Morgan fingerprint density at radius 3 is 2.50 bits per heavy atom. The van der Waals surface area contributed by atoms with Crippen LogP contribution in [0, 0.1) is 5.82 Å². The second-order valence-corrected chi connectivity index (χ2v) is 5.53. The molecule has 0 aliphatic heterocycles. The van der Waals surface area contributed by atoms with E-state index in [1.807, 2.05) is 6.92 Å². The quantitative estimate of drug-likeness (QED) is 0.889. The van der Waals surface area contributed by atoms with Gasteiger partial charge in [-0.1, -0.05) is 11.6 Å². The van der Waals surface area contributed by atoms with Crippen LogP contribution in [-0.4, -0.2) is 16.7 Å². The molecule has 0 saturated heterocycles. The fourth-order valence-corrected chi connectivity index (χ4v) is 1.99. The maximum Gasteiger partial charge on any atom is 0.125 e. The van der Waals surface area contributed by atoms with Gasteiger partial charge in [0.15, 0.2) is 0 Å². The summed E-state index contributed by atoms with van der Waals surface area (Å²) in [7, 11) is 0. The maximum absolute atomic E-state index is 13.0. The van der Waals surface area contributed by atoms with E-state index in [1.165, 1.54) is 12.1 Å². The molecule has 1 unspecified atom stereocenters. The van der Waals surface area contributed by atoms with Crippen molar-refractivity contribution < 1.29 is 9.50 Å². The van der Waals surface area contributed by atoms with E-state index in [0.717, 1.165) is 0 Å². The highest BCUT2D eigenvalue weighted by Gasteiger charge is 2.23. The van der Waals surface area contributed by atoms with Crippen LogP contribution in [0.3, 0.4) is 0 Å². The van der Waals surface area contributed by atoms with E-state index in [2.05, 4.69) is 21.2 Å². The molecule has 0 fully saturated rings. The van der Waals surface area contributed by atoms with Gasteiger partial charge in [-0.3, -0.25) is 0 Å². The van der Waals surface area contributed by atoms with Crippen molar-refractivity contribution >= 4 is 33.2 Å². The Balaban J connectivity index is 2.98. The third-order valence-corrected chi connectivity index (χ3v) is 3.35. The van der Waals surface area contributed by atoms with Gasteiger partial charge < -0.3 is 10.4 Å². The first-order valence-corrected chi connectivity index (χ1v) is 6.02. The van der Waals surface area contributed by atoms with Crippen molar-refractivity contribution in [1.82, 2.24) is 0 Å². The van der Waals surface area contributed by atoms with Gasteiger partial charge in [0.2, 0.25) is 0 Å². The fourth-order valence-electron chi connectivity index (χ4n) is 1.07. The van der Waals surface area contributed by atoms with Crippen molar-refractivity contribution in [2.75, 3.05) is 5.32 Å². The Labute approximate surface area is 108 Å². The van der Waals surface area contributed by atoms with E-state index < -0.39 is 11.4 Å². The lowest BCUT2D eigenvalue weighted by Crippen LogP contribution is -2.39. The SMILES string of the molecule is CC(Nc1c(Cl)cc(F)cc1Br)C(C)(C)O. The zero-order chi connectivity index (χ0) is 12.5. The molecule has 0 amide bonds. The molecule has 2 nitrogen and oxygen atoms in total. The van der Waals surface area contributed by atoms with Gasteiger partial charge in [-0.25, -0.2) is 4.39 Å². The number of halogens is 3. The highest BCUT2D eigenvalue weighted by atomic mass is 79.9. The molecule has 1 atom stereocenters. The van der Waals surface area contributed by atoms with E-state index in [0.29, 0.717) is 10.2 Å². The van der Waals surface area contributed by atoms with E-state index in [-0.39, 0.29) is 11.1 Å². The molecule has 0 radical (unpaired) electrons. The van der Waals surface area contributed by atoms with Crippen LogP contribution in [0.4, 0.5) is 10.1 Å². The minimum absolute atomic E-state index is 0.216. The van der Waals surface area contributed by atoms with Gasteiger partial charge in [-0.2, -0.15) is 0 Å². The molecule has 0 saturated carbocycles. The average molecular weight is 311 g/mol. The standard InChI is InChI=1S/C11H14BrClFNO/c1-6(11(2,3)16)15-10-8(12)4-7(14)5-9(10)13/h4-6,15-16H,1-3H3. The topological polar surface area (TPSA) is 32.3 Å². The molecule has 1 rings (SSSR count). The second-order valence-electron chi connectivity index (χ2n) is 4.26. The van der Waals surface area contributed by atoms with Crippen LogP contribution in [0.2, 0.25) is 5.02 Å². The minimum Gasteiger partial charge on any atom is -0.388 e. The summed E-state index contributed by atoms with van der Waals surface area (Å²) in [5, 5.41) is 13.1. The van der Waals surface area contributed by atoms with Gasteiger partial charge in [-0.05, 0) is 48.8 Å². The molecule has 0 bridgehead atoms. The van der Waals surface area contributed by atoms with E-state index in [9.17, 15) is 9.50 Å². The van der Waals surface area contributed by atoms with Crippen LogP contribution in [-0.2, 0) is 0 Å². The number of anilines is 1. The molecule has 0 aromatic heterocycles. The molecular formula is C11H14BrClFNO. The Morgan fingerprint density at radius 1 is 1.50 bits per heavy atom. The van der Waals surface area contributed by atoms with Crippen molar-refractivity contribution in [1.29, 1.82) is 0 Å². The Kier molecular flexibility index (Phi) is 4.21. The lowest BCUT2D eigenvalue weighted by molar-refractivity contribution is 0.0649. The third kappa shape index (κ3) is 3.34. The van der Waals surface area contributed by atoms with Gasteiger partial charge in [0.25, 0.3) is 0 Å². The van der Waals surface area contributed by atoms with E-state index in [4.69, 9.17) is 11.6 Å². The fraction of sp³-hybridized carbons (Fsp3) is 0.455. The number of rotatable bonds is 3. The summed E-state index contributed by atoms with van der Waals surface area (Å²) < 4.78 is 13.5. The van der Waals surface area contributed by atoms with E-state index in [1.54, 1.807) is 13.8 Å². The van der Waals surface area contributed by atoms with Crippen LogP contribution in [0.25, 0.3) is 0 Å². The van der Waals surface area contributed by atoms with Gasteiger partial charge in [-0.15, -0.1) is 0 Å². The van der Waals surface area contributed by atoms with Crippen LogP contribution in [0.1, 0.15) is 20.8 Å². The largest absolute Gasteiger partial charge is 0.388 e. The molecule has 1 aromatic rings. The zero-order valence-corrected chi connectivity index (χ0v) is 11.7. The first-order chi connectivity index (χ1) is 7.21. The lowest BCUT2D eigenvalue weighted by Gasteiger charge is -2.28. The summed E-state index contributed by atoms with van der Waals surface area (Å²) in [6.45, 7) is 5.21. The molecule has 5 heteroatoms. The van der Waals surface area contributed by atoms with Crippen molar-refractivity contribution in [2.45, 2.75) is 32.4 Å². The van der Waals surface area contributed by atoms with Gasteiger partial charge in [0.05, 0.1) is 22.4 Å². The molecule has 16 heavy (non-hydrogen) atoms. The molecular weight excluding hydrogens is 296 g/mol. The predicted molar refractivity (Wildman–Crippen MR) is 68.5 cm³/mol. The first kappa shape index (κ1) is 13.7. The minimum atomic E-state index is -0.892. The number of benzene rings is 1. The Morgan fingerprint density at radius 2 is 2.06 bits per heavy atom. The van der Waals surface area contributed by atoms with Crippen LogP contribution in [0.15, 0.2) is 16.6 Å². The third-order valence-electron chi connectivity index (χ3n) is 2.43. The molecule has 1 aromatic carbocycles. The summed E-state index contributed by atoms with van der Waals surface area (Å²) in [6.07, 6.45) is 0. The monoisotopic (exact) mass is 309 g/mol. The average Bonchev–Trinajstić information content (AvgIpc) is 2.08. The van der Waals surface area contributed by atoms with Crippen molar-refractivity contribution in [2.24, 2.45) is 0 Å². The zero-order valence-electron chi connectivity index (χ0n) is 9.31. The highest BCUT2D eigenvalue weighted by Crippen LogP contribution is 2.33. The van der Waals surface area contributed by atoms with Crippen LogP contribution in [0.5, 0.6) is 0 Å². The number of hydrogen-bond donors (Lipinski definition) is 2. The normalized spacial score (nSPS) is 13.7. The summed E-state index contributed by atoms with van der Waals surface area (Å²) in [5.74, 6) is -0.404. The highest BCUT2D eigenvalue weighted by molar-refractivity contribution is 9.10. The number of hydrogen-bond acceptors (Lipinski definition) is 2. The van der Waals surface area contributed by atoms with Gasteiger partial charge >= 0.3 is 0 Å². The van der Waals surface area contributed by atoms with Crippen LogP contribution >= 0.6 is 27.5 Å². The molecule has 90 valence electrons. The first-order valence-electron chi connectivity index (χ1n) is 4.85. The summed E-state index contributed by atoms with van der Waals surface area (Å²) in [6, 6.07) is 2.34. The Hall–Kier alpha value is -0.320. The Bertz CT molecular complexity index is 369. The molecule has 0 heterocycles. The summed E-state index contributed by atoms with van der Waals surface area (Å²) >= 11 is 9.14. The van der Waals surface area contributed by atoms with Gasteiger partial charge in [0, 0.05) is 4.47 Å². The van der Waals surface area contributed by atoms with Gasteiger partial charge in [0.1, 0.15) is 5.82 Å². The molecule has 0 aliphatic rings. The maximum atomic E-state index is 13.0. The van der Waals surface area contributed by atoms with E-state index >= 15 is 0 Å². The number of nitrogens with one attached hydrogen (secondary N) is 1. The number of aliphatic hydroxyl groups is 1. The summed E-state index contributed by atoms with van der Waals surface area (Å²) in [5.41, 5.74) is -0.311. The van der Waals surface area contributed by atoms with Crippen molar-refractivity contribution in [3.63, 3.8) is 0 Å². The molecule has 0 spiro atoms. The second kappa shape index (κ2) is 4.90. The van der Waals surface area contributed by atoms with Crippen LogP contribution < -0.4 is 5.32 Å². The molecule has 2 N–H and O–H groups in total. The van der Waals surface area contributed by atoms with Crippen molar-refractivity contribution in [3.05, 3.63) is 27.4 Å². The summed E-state index contributed by atoms with van der Waals surface area (Å²) in [4.78, 5) is 0.